The normalized spacial score (nSPS) is 23.8. The number of amides is 4. The number of carbonyl (C=O) groups is 3. The van der Waals surface area contributed by atoms with Gasteiger partial charge in [-0.1, -0.05) is 0 Å². The molecule has 0 aromatic heterocycles. The molecule has 0 spiro atoms. The Bertz CT molecular complexity index is 236. The maximum Gasteiger partial charge on any atom is 0.331 e. The van der Waals surface area contributed by atoms with Crippen LogP contribution in [0.25, 0.3) is 0 Å². The average molecular weight is 156 g/mol. The molecular formula is C6H8N2O3. The standard InChI is InChI=1S/C6H8N2O3/c1-3-5(10)7-6(11)8(3)4(2)9/h3H,1-2H3,(H,7,10,11). The van der Waals surface area contributed by atoms with E-state index in [-0.39, 0.29) is 0 Å². The predicted molar refractivity (Wildman–Crippen MR) is 35.5 cm³/mol. The quantitative estimate of drug-likeness (QED) is 0.479. The molecule has 1 unspecified atom stereocenters. The second kappa shape index (κ2) is 2.34. The smallest absolute Gasteiger partial charge is 0.276 e. The van der Waals surface area contributed by atoms with Gasteiger partial charge in [-0.2, -0.15) is 0 Å². The molecule has 1 saturated heterocycles. The molecule has 1 N–H and O–H groups in total. The first-order valence-electron chi connectivity index (χ1n) is 3.18. The van der Waals surface area contributed by atoms with E-state index in [4.69, 9.17) is 0 Å². The van der Waals surface area contributed by atoms with Crippen LogP contribution in [-0.2, 0) is 9.59 Å². The van der Waals surface area contributed by atoms with Crippen LogP contribution >= 0.6 is 0 Å². The molecule has 1 fully saturated rings. The fourth-order valence-electron chi connectivity index (χ4n) is 0.979. The highest BCUT2D eigenvalue weighted by Gasteiger charge is 2.37. The van der Waals surface area contributed by atoms with Gasteiger partial charge in [-0.15, -0.1) is 0 Å². The Balaban J connectivity index is 2.88. The van der Waals surface area contributed by atoms with E-state index in [1.807, 2.05) is 5.32 Å². The van der Waals surface area contributed by atoms with E-state index in [0.29, 0.717) is 0 Å². The summed E-state index contributed by atoms with van der Waals surface area (Å²) in [6.07, 6.45) is 0. The number of nitrogens with one attached hydrogen (secondary N) is 1. The molecule has 0 aliphatic carbocycles. The highest BCUT2D eigenvalue weighted by atomic mass is 16.2. The zero-order valence-corrected chi connectivity index (χ0v) is 6.25. The van der Waals surface area contributed by atoms with Crippen LogP contribution < -0.4 is 5.32 Å². The second-order valence-electron chi connectivity index (χ2n) is 2.36. The van der Waals surface area contributed by atoms with Crippen molar-refractivity contribution in [3.8, 4) is 0 Å². The van der Waals surface area contributed by atoms with Gasteiger partial charge in [0.25, 0.3) is 5.91 Å². The van der Waals surface area contributed by atoms with Crippen LogP contribution in [0.3, 0.4) is 0 Å². The zero-order chi connectivity index (χ0) is 8.59. The number of carbonyl (C=O) groups excluding carboxylic acids is 3. The van der Waals surface area contributed by atoms with Crippen LogP contribution in [-0.4, -0.2) is 28.8 Å². The molecule has 0 radical (unpaired) electrons. The molecule has 1 aliphatic rings. The Morgan fingerprint density at radius 3 is 2.27 bits per heavy atom. The minimum absolute atomic E-state index is 0.416. The molecule has 1 aliphatic heterocycles. The topological polar surface area (TPSA) is 66.5 Å². The summed E-state index contributed by atoms with van der Waals surface area (Å²) >= 11 is 0. The Morgan fingerprint density at radius 2 is 2.09 bits per heavy atom. The summed E-state index contributed by atoms with van der Waals surface area (Å²) < 4.78 is 0. The van der Waals surface area contributed by atoms with Crippen molar-refractivity contribution in [2.75, 3.05) is 0 Å². The molecule has 60 valence electrons. The fraction of sp³-hybridized carbons (Fsp3) is 0.500. The van der Waals surface area contributed by atoms with Gasteiger partial charge >= 0.3 is 6.03 Å². The van der Waals surface area contributed by atoms with E-state index in [1.165, 1.54) is 13.8 Å². The molecule has 1 heterocycles. The molecule has 1 rings (SSSR count). The number of hydrogen-bond acceptors (Lipinski definition) is 3. The maximum atomic E-state index is 10.8. The first-order chi connectivity index (χ1) is 5.04. The van der Waals surface area contributed by atoms with E-state index in [9.17, 15) is 14.4 Å². The lowest BCUT2D eigenvalue weighted by molar-refractivity contribution is -0.130. The maximum absolute atomic E-state index is 10.8. The highest BCUT2D eigenvalue weighted by Crippen LogP contribution is 2.06. The zero-order valence-electron chi connectivity index (χ0n) is 6.25. The molecule has 5 nitrogen and oxygen atoms in total. The van der Waals surface area contributed by atoms with Crippen molar-refractivity contribution in [2.24, 2.45) is 0 Å². The lowest BCUT2D eigenvalue weighted by Gasteiger charge is -2.12. The van der Waals surface area contributed by atoms with Gasteiger partial charge in [-0.25, -0.2) is 4.79 Å². The van der Waals surface area contributed by atoms with Crippen molar-refractivity contribution >= 4 is 17.8 Å². The summed E-state index contributed by atoms with van der Waals surface area (Å²) in [4.78, 5) is 33.2. The first-order valence-corrected chi connectivity index (χ1v) is 3.18. The van der Waals surface area contributed by atoms with E-state index in [2.05, 4.69) is 0 Å². The molecule has 11 heavy (non-hydrogen) atoms. The third kappa shape index (κ3) is 1.09. The SMILES string of the molecule is CC(=O)N1C(=O)NC(=O)C1C. The van der Waals surface area contributed by atoms with Crippen molar-refractivity contribution in [1.82, 2.24) is 10.2 Å². The number of urea groups is 1. The van der Waals surface area contributed by atoms with E-state index in [1.54, 1.807) is 0 Å². The number of hydrogen-bond donors (Lipinski definition) is 1. The average Bonchev–Trinajstić information content (AvgIpc) is 2.07. The molecule has 0 aromatic rings. The van der Waals surface area contributed by atoms with E-state index < -0.39 is 23.9 Å². The molecule has 1 atom stereocenters. The lowest BCUT2D eigenvalue weighted by atomic mass is 10.3. The Hall–Kier alpha value is -1.39. The minimum Gasteiger partial charge on any atom is -0.276 e. The fourth-order valence-corrected chi connectivity index (χ4v) is 0.979. The van der Waals surface area contributed by atoms with Crippen LogP contribution in [0.15, 0.2) is 0 Å². The van der Waals surface area contributed by atoms with Gasteiger partial charge < -0.3 is 0 Å². The Morgan fingerprint density at radius 1 is 1.55 bits per heavy atom. The summed E-state index contributed by atoms with van der Waals surface area (Å²) in [5, 5.41) is 2.03. The van der Waals surface area contributed by atoms with E-state index >= 15 is 0 Å². The van der Waals surface area contributed by atoms with Gasteiger partial charge in [-0.05, 0) is 6.92 Å². The van der Waals surface area contributed by atoms with Crippen LogP contribution in [0.2, 0.25) is 0 Å². The first kappa shape index (κ1) is 7.71. The Labute approximate surface area is 63.4 Å². The molecule has 5 heteroatoms. The third-order valence-corrected chi connectivity index (χ3v) is 1.55. The van der Waals surface area contributed by atoms with Crippen molar-refractivity contribution in [3.63, 3.8) is 0 Å². The van der Waals surface area contributed by atoms with Crippen LogP contribution in [0.1, 0.15) is 13.8 Å². The lowest BCUT2D eigenvalue weighted by Crippen LogP contribution is -2.36. The summed E-state index contributed by atoms with van der Waals surface area (Å²) in [5.41, 5.74) is 0. The van der Waals surface area contributed by atoms with Gasteiger partial charge in [0.15, 0.2) is 0 Å². The monoisotopic (exact) mass is 156 g/mol. The summed E-state index contributed by atoms with van der Waals surface area (Å²) in [7, 11) is 0. The summed E-state index contributed by atoms with van der Waals surface area (Å²) in [5.74, 6) is -0.842. The summed E-state index contributed by atoms with van der Waals surface area (Å²) in [6, 6.07) is -1.30. The third-order valence-electron chi connectivity index (χ3n) is 1.55. The van der Waals surface area contributed by atoms with Crippen molar-refractivity contribution < 1.29 is 14.4 Å². The van der Waals surface area contributed by atoms with Crippen LogP contribution in [0, 0.1) is 0 Å². The van der Waals surface area contributed by atoms with Crippen LogP contribution in [0.5, 0.6) is 0 Å². The van der Waals surface area contributed by atoms with E-state index in [0.717, 1.165) is 4.90 Å². The molecule has 4 amide bonds. The van der Waals surface area contributed by atoms with Gasteiger partial charge in [0.2, 0.25) is 5.91 Å². The number of rotatable bonds is 0. The van der Waals surface area contributed by atoms with Crippen LogP contribution in [0.4, 0.5) is 4.79 Å². The van der Waals surface area contributed by atoms with Gasteiger partial charge in [0, 0.05) is 6.92 Å². The predicted octanol–water partition coefficient (Wildman–Crippen LogP) is -0.527. The second-order valence-corrected chi connectivity index (χ2v) is 2.36. The Kier molecular flexibility index (Phi) is 1.64. The molecule has 0 saturated carbocycles. The van der Waals surface area contributed by atoms with Crippen molar-refractivity contribution in [3.05, 3.63) is 0 Å². The van der Waals surface area contributed by atoms with Gasteiger partial charge in [0.1, 0.15) is 6.04 Å². The number of imide groups is 2. The molecular weight excluding hydrogens is 148 g/mol. The van der Waals surface area contributed by atoms with Gasteiger partial charge in [0.05, 0.1) is 0 Å². The highest BCUT2D eigenvalue weighted by molar-refractivity contribution is 6.11. The molecule has 0 bridgehead atoms. The largest absolute Gasteiger partial charge is 0.331 e. The molecule has 0 aromatic carbocycles. The van der Waals surface area contributed by atoms with Gasteiger partial charge in [-0.3, -0.25) is 19.8 Å². The summed E-state index contributed by atoms with van der Waals surface area (Å²) in [6.45, 7) is 2.75. The van der Waals surface area contributed by atoms with Crippen molar-refractivity contribution in [2.45, 2.75) is 19.9 Å². The number of nitrogens with zero attached hydrogens (tertiary/aromatic N) is 1. The van der Waals surface area contributed by atoms with Crippen molar-refractivity contribution in [1.29, 1.82) is 0 Å². The minimum atomic E-state index is -0.667.